The van der Waals surface area contributed by atoms with Crippen molar-refractivity contribution in [1.82, 2.24) is 14.9 Å². The number of benzene rings is 1. The smallest absolute Gasteiger partial charge is 0.274 e. The molecule has 0 saturated carbocycles. The number of aromatic nitrogens is 2. The Morgan fingerprint density at radius 2 is 1.85 bits per heavy atom. The first kappa shape index (κ1) is 18.1. The third-order valence-corrected chi connectivity index (χ3v) is 4.28. The summed E-state index contributed by atoms with van der Waals surface area (Å²) in [4.78, 5) is 26.0. The molecular weight excluding hydrogens is 330 g/mol. The summed E-state index contributed by atoms with van der Waals surface area (Å²) in [5.74, 6) is 1.16. The Morgan fingerprint density at radius 1 is 1.15 bits per heavy atom. The monoisotopic (exact) mass is 355 g/mol. The molecule has 26 heavy (non-hydrogen) atoms. The van der Waals surface area contributed by atoms with Crippen LogP contribution >= 0.6 is 0 Å². The maximum atomic E-state index is 12.6. The lowest BCUT2D eigenvalue weighted by atomic mass is 10.2. The second-order valence-electron chi connectivity index (χ2n) is 6.40. The number of amides is 1. The minimum atomic E-state index is -0.241. The van der Waals surface area contributed by atoms with Crippen LogP contribution < -0.4 is 15.0 Å². The lowest BCUT2D eigenvalue weighted by Crippen LogP contribution is -2.45. The lowest BCUT2D eigenvalue weighted by molar-refractivity contribution is 0.102. The quantitative estimate of drug-likeness (QED) is 0.887. The molecule has 0 radical (unpaired) electrons. The van der Waals surface area contributed by atoms with Crippen molar-refractivity contribution in [2.24, 2.45) is 0 Å². The van der Waals surface area contributed by atoms with Gasteiger partial charge in [0.2, 0.25) is 5.95 Å². The normalized spacial score (nSPS) is 15.0. The van der Waals surface area contributed by atoms with Crippen molar-refractivity contribution >= 4 is 17.5 Å². The first-order chi connectivity index (χ1) is 12.5. The van der Waals surface area contributed by atoms with Gasteiger partial charge in [-0.05, 0) is 51.2 Å². The number of piperazine rings is 1. The van der Waals surface area contributed by atoms with Crippen LogP contribution in [0.1, 0.15) is 23.1 Å². The van der Waals surface area contributed by atoms with Crippen molar-refractivity contribution < 1.29 is 9.53 Å². The number of nitrogens with one attached hydrogen (secondary N) is 1. The van der Waals surface area contributed by atoms with Gasteiger partial charge >= 0.3 is 0 Å². The van der Waals surface area contributed by atoms with Crippen LogP contribution in [0.25, 0.3) is 0 Å². The average molecular weight is 355 g/mol. The van der Waals surface area contributed by atoms with E-state index in [-0.39, 0.29) is 5.91 Å². The largest absolute Gasteiger partial charge is 0.494 e. The summed E-state index contributed by atoms with van der Waals surface area (Å²) >= 11 is 0. The van der Waals surface area contributed by atoms with Crippen LogP contribution in [-0.4, -0.2) is 60.6 Å². The van der Waals surface area contributed by atoms with E-state index in [0.29, 0.717) is 23.9 Å². The molecule has 1 aliphatic heterocycles. The Balaban J connectivity index is 1.72. The van der Waals surface area contributed by atoms with Crippen molar-refractivity contribution in [2.75, 3.05) is 50.1 Å². The van der Waals surface area contributed by atoms with Gasteiger partial charge in [-0.1, -0.05) is 0 Å². The minimum Gasteiger partial charge on any atom is -0.494 e. The van der Waals surface area contributed by atoms with Crippen LogP contribution in [0.2, 0.25) is 0 Å². The fraction of sp³-hybridized carbons (Fsp3) is 0.421. The SMILES string of the molecule is CCOc1ccc(NC(=O)c2cc(C)nc(N3CCN(C)CC3)n2)cc1. The lowest BCUT2D eigenvalue weighted by Gasteiger charge is -2.32. The fourth-order valence-electron chi connectivity index (χ4n) is 2.81. The van der Waals surface area contributed by atoms with E-state index in [1.807, 2.05) is 38.1 Å². The van der Waals surface area contributed by atoms with Crippen LogP contribution in [-0.2, 0) is 0 Å². The molecule has 1 amide bonds. The summed E-state index contributed by atoms with van der Waals surface area (Å²) < 4.78 is 5.41. The highest BCUT2D eigenvalue weighted by Crippen LogP contribution is 2.17. The van der Waals surface area contributed by atoms with E-state index in [4.69, 9.17) is 4.74 Å². The molecule has 0 atom stereocenters. The number of likely N-dealkylation sites (N-methyl/N-ethyl adjacent to an activating group) is 1. The van der Waals surface area contributed by atoms with Gasteiger partial charge in [0, 0.05) is 37.6 Å². The molecule has 0 aliphatic carbocycles. The van der Waals surface area contributed by atoms with Gasteiger partial charge in [0.15, 0.2) is 0 Å². The fourth-order valence-corrected chi connectivity index (χ4v) is 2.81. The number of hydrogen-bond acceptors (Lipinski definition) is 6. The standard InChI is InChI=1S/C19H25N5O2/c1-4-26-16-7-5-15(6-8-16)21-18(25)17-13-14(2)20-19(22-17)24-11-9-23(3)10-12-24/h5-8,13H,4,9-12H2,1-3H3,(H,21,25). The van der Waals surface area contributed by atoms with Crippen LogP contribution in [0.15, 0.2) is 30.3 Å². The second kappa shape index (κ2) is 8.14. The molecule has 3 rings (SSSR count). The van der Waals surface area contributed by atoms with E-state index in [2.05, 4.69) is 32.1 Å². The molecule has 7 nitrogen and oxygen atoms in total. The topological polar surface area (TPSA) is 70.6 Å². The summed E-state index contributed by atoms with van der Waals surface area (Å²) in [5.41, 5.74) is 1.86. The first-order valence-electron chi connectivity index (χ1n) is 8.88. The molecule has 2 aromatic rings. The van der Waals surface area contributed by atoms with Crippen LogP contribution in [0.5, 0.6) is 5.75 Å². The molecule has 1 aliphatic rings. The molecule has 138 valence electrons. The maximum Gasteiger partial charge on any atom is 0.274 e. The molecule has 0 unspecified atom stereocenters. The molecular formula is C19H25N5O2. The number of rotatable bonds is 5. The minimum absolute atomic E-state index is 0.241. The molecule has 0 bridgehead atoms. The molecule has 1 saturated heterocycles. The summed E-state index contributed by atoms with van der Waals surface area (Å²) in [5, 5.41) is 2.88. The zero-order valence-corrected chi connectivity index (χ0v) is 15.5. The third kappa shape index (κ3) is 4.49. The van der Waals surface area contributed by atoms with Crippen LogP contribution in [0, 0.1) is 6.92 Å². The average Bonchev–Trinajstić information content (AvgIpc) is 2.63. The maximum absolute atomic E-state index is 12.6. The molecule has 1 aromatic carbocycles. The Kier molecular flexibility index (Phi) is 5.68. The molecule has 1 aromatic heterocycles. The van der Waals surface area contributed by atoms with Crippen molar-refractivity contribution in [3.05, 3.63) is 41.7 Å². The zero-order chi connectivity index (χ0) is 18.5. The Bertz CT molecular complexity index is 755. The number of anilines is 2. The van der Waals surface area contributed by atoms with Gasteiger partial charge in [0.25, 0.3) is 5.91 Å². The van der Waals surface area contributed by atoms with E-state index in [9.17, 15) is 4.79 Å². The van der Waals surface area contributed by atoms with E-state index in [1.54, 1.807) is 6.07 Å². The number of carbonyl (C=O) groups excluding carboxylic acids is 1. The van der Waals surface area contributed by atoms with E-state index >= 15 is 0 Å². The number of carbonyl (C=O) groups is 1. The van der Waals surface area contributed by atoms with Gasteiger partial charge in [-0.3, -0.25) is 4.79 Å². The van der Waals surface area contributed by atoms with Gasteiger partial charge in [-0.15, -0.1) is 0 Å². The highest BCUT2D eigenvalue weighted by atomic mass is 16.5. The highest BCUT2D eigenvalue weighted by Gasteiger charge is 2.19. The predicted octanol–water partition coefficient (Wildman–Crippen LogP) is 2.19. The summed E-state index contributed by atoms with van der Waals surface area (Å²) in [6.45, 7) is 8.08. The first-order valence-corrected chi connectivity index (χ1v) is 8.88. The van der Waals surface area contributed by atoms with Crippen LogP contribution in [0.3, 0.4) is 0 Å². The van der Waals surface area contributed by atoms with Gasteiger partial charge in [-0.2, -0.15) is 0 Å². The third-order valence-electron chi connectivity index (χ3n) is 4.28. The highest BCUT2D eigenvalue weighted by molar-refractivity contribution is 6.03. The Morgan fingerprint density at radius 3 is 2.50 bits per heavy atom. The molecule has 2 heterocycles. The van der Waals surface area contributed by atoms with Gasteiger partial charge in [-0.25, -0.2) is 9.97 Å². The second-order valence-corrected chi connectivity index (χ2v) is 6.40. The van der Waals surface area contributed by atoms with Gasteiger partial charge in [0.05, 0.1) is 6.61 Å². The number of hydrogen-bond donors (Lipinski definition) is 1. The summed E-state index contributed by atoms with van der Waals surface area (Å²) in [6.07, 6.45) is 0. The van der Waals surface area contributed by atoms with E-state index in [1.165, 1.54) is 0 Å². The molecule has 1 fully saturated rings. The number of ether oxygens (including phenoxy) is 1. The van der Waals surface area contributed by atoms with E-state index < -0.39 is 0 Å². The summed E-state index contributed by atoms with van der Waals surface area (Å²) in [7, 11) is 2.10. The molecule has 1 N–H and O–H groups in total. The molecule has 7 heteroatoms. The predicted molar refractivity (Wildman–Crippen MR) is 102 cm³/mol. The molecule has 0 spiro atoms. The van der Waals surface area contributed by atoms with Crippen molar-refractivity contribution in [3.63, 3.8) is 0 Å². The van der Waals surface area contributed by atoms with Gasteiger partial charge < -0.3 is 19.9 Å². The Hall–Kier alpha value is -2.67. The van der Waals surface area contributed by atoms with E-state index in [0.717, 1.165) is 37.6 Å². The summed E-state index contributed by atoms with van der Waals surface area (Å²) in [6, 6.07) is 9.01. The van der Waals surface area contributed by atoms with Crippen LogP contribution in [0.4, 0.5) is 11.6 Å². The Labute approximate surface area is 154 Å². The number of aryl methyl sites for hydroxylation is 1. The number of nitrogens with zero attached hydrogens (tertiary/aromatic N) is 4. The van der Waals surface area contributed by atoms with Crippen molar-refractivity contribution in [1.29, 1.82) is 0 Å². The van der Waals surface area contributed by atoms with Crippen molar-refractivity contribution in [3.8, 4) is 5.75 Å². The van der Waals surface area contributed by atoms with Gasteiger partial charge in [0.1, 0.15) is 11.4 Å². The van der Waals surface area contributed by atoms with Crippen molar-refractivity contribution in [2.45, 2.75) is 13.8 Å². The zero-order valence-electron chi connectivity index (χ0n) is 15.5.